The number of hydrogen-bond acceptors (Lipinski definition) is 9. The van der Waals surface area contributed by atoms with Crippen molar-refractivity contribution < 1.29 is 34.7 Å². The van der Waals surface area contributed by atoms with Gasteiger partial charge in [-0.25, -0.2) is 0 Å². The maximum Gasteiger partial charge on any atom is 0.228 e. The van der Waals surface area contributed by atoms with Crippen LogP contribution >= 0.6 is 11.8 Å². The van der Waals surface area contributed by atoms with Crippen LogP contribution in [0.3, 0.4) is 0 Å². The van der Waals surface area contributed by atoms with Crippen molar-refractivity contribution in [2.45, 2.75) is 48.8 Å². The Kier molecular flexibility index (Phi) is 4.81. The highest BCUT2D eigenvalue weighted by Gasteiger charge is 2.47. The number of Topliss-reactive ketones (excluding diaryl/α,β-unsaturated/α-hetero) is 1. The van der Waals surface area contributed by atoms with Crippen LogP contribution in [0.15, 0.2) is 12.0 Å². The highest BCUT2D eigenvalue weighted by molar-refractivity contribution is 8.00. The zero-order chi connectivity index (χ0) is 15.8. The van der Waals surface area contributed by atoms with E-state index < -0.39 is 41.5 Å². The van der Waals surface area contributed by atoms with Crippen LogP contribution in [0.25, 0.3) is 0 Å². The van der Waals surface area contributed by atoms with E-state index >= 15 is 0 Å². The Labute approximate surface area is 125 Å². The molecule has 0 radical (unpaired) electrons. The van der Waals surface area contributed by atoms with E-state index in [0.717, 1.165) is 11.8 Å². The number of carbonyl (C=O) groups excluding carboxylic acids is 1. The van der Waals surface area contributed by atoms with Gasteiger partial charge >= 0.3 is 0 Å². The first-order valence-corrected chi connectivity index (χ1v) is 7.31. The van der Waals surface area contributed by atoms with Gasteiger partial charge in [0, 0.05) is 20.0 Å². The maximum atomic E-state index is 11.3. The molecule has 21 heavy (non-hydrogen) atoms. The number of thioether (sulfide) groups is 1. The van der Waals surface area contributed by atoms with E-state index in [1.807, 2.05) is 0 Å². The van der Waals surface area contributed by atoms with Gasteiger partial charge < -0.3 is 35.2 Å². The first-order chi connectivity index (χ1) is 9.77. The van der Waals surface area contributed by atoms with E-state index in [2.05, 4.69) is 5.32 Å². The smallest absolute Gasteiger partial charge is 0.228 e. The molecule has 8 nitrogen and oxygen atoms in total. The average molecular weight is 321 g/mol. The second kappa shape index (κ2) is 6.11. The van der Waals surface area contributed by atoms with Gasteiger partial charge in [-0.1, -0.05) is 11.8 Å². The first kappa shape index (κ1) is 16.5. The summed E-state index contributed by atoms with van der Waals surface area (Å²) in [6, 6.07) is 0. The van der Waals surface area contributed by atoms with Crippen LogP contribution in [0.5, 0.6) is 0 Å². The lowest BCUT2D eigenvalue weighted by molar-refractivity contribution is -0.206. The van der Waals surface area contributed by atoms with Crippen LogP contribution in [-0.2, 0) is 14.3 Å². The van der Waals surface area contributed by atoms with E-state index in [-0.39, 0.29) is 11.5 Å². The minimum atomic E-state index is -1.45. The Bertz CT molecular complexity index is 443. The molecule has 0 spiro atoms. The lowest BCUT2D eigenvalue weighted by Gasteiger charge is -2.41. The second-order valence-electron chi connectivity index (χ2n) is 5.07. The van der Waals surface area contributed by atoms with Crippen molar-refractivity contribution in [2.75, 3.05) is 6.61 Å². The Hall–Kier alpha value is -0.840. The van der Waals surface area contributed by atoms with Gasteiger partial charge in [0.15, 0.2) is 11.5 Å². The number of carbonyl (C=O) groups is 1. The third-order valence-corrected chi connectivity index (χ3v) is 4.58. The molecular formula is C12H19NO7S. The summed E-state index contributed by atoms with van der Waals surface area (Å²) in [5.41, 5.74) is -0.947. The lowest BCUT2D eigenvalue weighted by atomic mass is 10.0. The van der Waals surface area contributed by atoms with Crippen LogP contribution in [0.1, 0.15) is 13.8 Å². The van der Waals surface area contributed by atoms with Crippen molar-refractivity contribution in [2.24, 2.45) is 0 Å². The molecule has 120 valence electrons. The highest BCUT2D eigenvalue weighted by atomic mass is 32.2. The Morgan fingerprint density at radius 2 is 2.05 bits per heavy atom. The predicted octanol–water partition coefficient (Wildman–Crippen LogP) is -1.76. The number of ether oxygens (including phenoxy) is 2. The van der Waals surface area contributed by atoms with Crippen molar-refractivity contribution >= 4 is 17.5 Å². The molecule has 6 unspecified atom stereocenters. The number of allylic oxidation sites excluding steroid dienone is 1. The molecular weight excluding hydrogens is 302 g/mol. The van der Waals surface area contributed by atoms with Crippen molar-refractivity contribution in [1.29, 1.82) is 0 Å². The third kappa shape index (κ3) is 3.33. The molecule has 2 heterocycles. The first-order valence-electron chi connectivity index (χ1n) is 6.43. The van der Waals surface area contributed by atoms with Crippen LogP contribution in [0, 0.1) is 0 Å². The second-order valence-corrected chi connectivity index (χ2v) is 6.55. The molecule has 2 aliphatic heterocycles. The Balaban J connectivity index is 2.04. The minimum absolute atomic E-state index is 0.148. The van der Waals surface area contributed by atoms with Gasteiger partial charge in [0.2, 0.25) is 5.06 Å². The summed E-state index contributed by atoms with van der Waals surface area (Å²) in [6.45, 7) is 2.49. The average Bonchev–Trinajstić information content (AvgIpc) is 2.82. The fraction of sp³-hybridized carbons (Fsp3) is 0.750. The maximum absolute atomic E-state index is 11.3. The molecule has 0 aliphatic carbocycles. The third-order valence-electron chi connectivity index (χ3n) is 3.31. The molecule has 0 aromatic rings. The van der Waals surface area contributed by atoms with Crippen molar-refractivity contribution in [1.82, 2.24) is 5.32 Å². The van der Waals surface area contributed by atoms with E-state index in [1.165, 1.54) is 13.1 Å². The molecule has 2 rings (SSSR count). The number of aliphatic hydroxyl groups is 4. The van der Waals surface area contributed by atoms with E-state index in [9.17, 15) is 20.1 Å². The molecule has 0 saturated carbocycles. The number of ketones is 1. The fourth-order valence-corrected chi connectivity index (χ4v) is 3.29. The zero-order valence-electron chi connectivity index (χ0n) is 11.6. The quantitative estimate of drug-likeness (QED) is 0.409. The zero-order valence-corrected chi connectivity index (χ0v) is 12.4. The van der Waals surface area contributed by atoms with Gasteiger partial charge in [-0.2, -0.15) is 0 Å². The summed E-state index contributed by atoms with van der Waals surface area (Å²) in [5.74, 6) is -0.102. The standard InChI is InChI=1S/C12H19NO7S/c1-5(15)6-3-13-12(2,20-6)21-11-10(18)9(17)8(16)7(4-14)19-11/h3,7-11,13-14,16-18H,4H2,1-2H3. The molecule has 1 saturated heterocycles. The Morgan fingerprint density at radius 1 is 1.38 bits per heavy atom. The van der Waals surface area contributed by atoms with Crippen molar-refractivity contribution in [3.05, 3.63) is 12.0 Å². The van der Waals surface area contributed by atoms with Gasteiger partial charge in [0.1, 0.15) is 29.9 Å². The van der Waals surface area contributed by atoms with Gasteiger partial charge in [0.25, 0.3) is 0 Å². The largest absolute Gasteiger partial charge is 0.454 e. The molecule has 0 amide bonds. The lowest BCUT2D eigenvalue weighted by Crippen LogP contribution is -2.58. The van der Waals surface area contributed by atoms with E-state index in [0.29, 0.717) is 0 Å². The SMILES string of the molecule is CC(=O)C1=CNC(C)(SC2OC(CO)C(O)C(O)C2O)O1. The summed E-state index contributed by atoms with van der Waals surface area (Å²) in [5, 5.41) is 40.3. The van der Waals surface area contributed by atoms with Crippen molar-refractivity contribution in [3.63, 3.8) is 0 Å². The number of hydrogen-bond donors (Lipinski definition) is 5. The van der Waals surface area contributed by atoms with E-state index in [1.54, 1.807) is 6.92 Å². The van der Waals surface area contributed by atoms with Gasteiger partial charge in [-0.3, -0.25) is 4.79 Å². The van der Waals surface area contributed by atoms with Crippen LogP contribution in [-0.4, -0.2) is 67.7 Å². The fourth-order valence-electron chi connectivity index (χ4n) is 2.08. The number of rotatable bonds is 4. The Morgan fingerprint density at radius 3 is 2.57 bits per heavy atom. The highest BCUT2D eigenvalue weighted by Crippen LogP contribution is 2.38. The summed E-state index contributed by atoms with van der Waals surface area (Å²) in [4.78, 5) is 11.3. The minimum Gasteiger partial charge on any atom is -0.454 e. The monoisotopic (exact) mass is 321 g/mol. The van der Waals surface area contributed by atoms with Crippen LogP contribution < -0.4 is 5.32 Å². The number of nitrogens with one attached hydrogen (secondary N) is 1. The summed E-state index contributed by atoms with van der Waals surface area (Å²) in [7, 11) is 0. The van der Waals surface area contributed by atoms with Crippen molar-refractivity contribution in [3.8, 4) is 0 Å². The molecule has 0 aromatic heterocycles. The summed E-state index contributed by atoms with van der Waals surface area (Å²) < 4.78 is 10.8. The molecule has 6 atom stereocenters. The molecule has 0 aromatic carbocycles. The topological polar surface area (TPSA) is 128 Å². The van der Waals surface area contributed by atoms with Gasteiger partial charge in [-0.05, 0) is 0 Å². The molecule has 2 aliphatic rings. The predicted molar refractivity (Wildman–Crippen MR) is 72.7 cm³/mol. The molecule has 9 heteroatoms. The van der Waals surface area contributed by atoms with E-state index in [4.69, 9.17) is 14.6 Å². The van der Waals surface area contributed by atoms with Crippen LogP contribution in [0.2, 0.25) is 0 Å². The summed E-state index contributed by atoms with van der Waals surface area (Å²) in [6.07, 6.45) is -3.78. The van der Waals surface area contributed by atoms with Gasteiger partial charge in [0.05, 0.1) is 6.61 Å². The van der Waals surface area contributed by atoms with Crippen LogP contribution in [0.4, 0.5) is 0 Å². The molecule has 1 fully saturated rings. The summed E-state index contributed by atoms with van der Waals surface area (Å²) >= 11 is 0.993. The number of aliphatic hydroxyl groups excluding tert-OH is 4. The van der Waals surface area contributed by atoms with Gasteiger partial charge in [-0.15, -0.1) is 0 Å². The molecule has 5 N–H and O–H groups in total. The molecule has 0 bridgehead atoms. The normalized spacial score (nSPS) is 43.0.